The van der Waals surface area contributed by atoms with Gasteiger partial charge in [-0.25, -0.2) is 13.4 Å². The maximum atomic E-state index is 12.0. The van der Waals surface area contributed by atoms with Crippen LogP contribution in [0.3, 0.4) is 0 Å². The minimum atomic E-state index is -3.16. The van der Waals surface area contributed by atoms with Gasteiger partial charge in [-0.05, 0) is 37.0 Å². The lowest BCUT2D eigenvalue weighted by Gasteiger charge is -2.17. The first-order valence-corrected chi connectivity index (χ1v) is 9.90. The number of sulfonamides is 1. The number of hydrogen-bond acceptors (Lipinski definition) is 4. The molecule has 7 nitrogen and oxygen atoms in total. The van der Waals surface area contributed by atoms with E-state index in [2.05, 4.69) is 10.3 Å². The van der Waals surface area contributed by atoms with Gasteiger partial charge in [-0.1, -0.05) is 12.1 Å². The highest BCUT2D eigenvalue weighted by Gasteiger charge is 2.28. The van der Waals surface area contributed by atoms with Crippen LogP contribution in [0.2, 0.25) is 0 Å². The van der Waals surface area contributed by atoms with Crippen molar-refractivity contribution in [2.24, 2.45) is 10.7 Å². The highest BCUT2D eigenvalue weighted by Crippen LogP contribution is 2.24. The van der Waals surface area contributed by atoms with Crippen LogP contribution in [0.15, 0.2) is 29.3 Å². The van der Waals surface area contributed by atoms with Crippen LogP contribution in [-0.4, -0.2) is 45.9 Å². The van der Waals surface area contributed by atoms with Gasteiger partial charge in [0.05, 0.1) is 24.1 Å². The molecule has 0 amide bonds. The van der Waals surface area contributed by atoms with E-state index in [9.17, 15) is 8.42 Å². The number of nitrogens with zero attached hydrogens (tertiary/aromatic N) is 2. The Balaban J connectivity index is 1.59. The third-order valence-electron chi connectivity index (χ3n) is 4.26. The number of aliphatic imine (C=N–C) groups is 1. The summed E-state index contributed by atoms with van der Waals surface area (Å²) < 4.78 is 31.0. The molecular formula is C16H24N4O3S. The number of rotatable bonds is 5. The molecule has 1 atom stereocenters. The minimum absolute atomic E-state index is 0.211. The average molecular weight is 352 g/mol. The number of anilines is 1. The molecule has 2 aliphatic heterocycles. The van der Waals surface area contributed by atoms with Gasteiger partial charge in [-0.2, -0.15) is 0 Å². The van der Waals surface area contributed by atoms with E-state index in [1.54, 1.807) is 0 Å². The molecule has 2 saturated heterocycles. The Bertz CT molecular complexity index is 699. The van der Waals surface area contributed by atoms with E-state index in [1.165, 1.54) is 4.31 Å². The Kier molecular flexibility index (Phi) is 5.25. The lowest BCUT2D eigenvalue weighted by atomic mass is 10.2. The number of nitrogens with one attached hydrogen (secondary N) is 1. The number of guanidine groups is 1. The Morgan fingerprint density at radius 3 is 3.00 bits per heavy atom. The van der Waals surface area contributed by atoms with Gasteiger partial charge in [-0.15, -0.1) is 0 Å². The van der Waals surface area contributed by atoms with Crippen LogP contribution in [0.5, 0.6) is 0 Å². The van der Waals surface area contributed by atoms with E-state index in [0.717, 1.165) is 25.0 Å². The zero-order valence-corrected chi connectivity index (χ0v) is 14.5. The maximum absolute atomic E-state index is 12.0. The van der Waals surface area contributed by atoms with Gasteiger partial charge in [0, 0.05) is 19.7 Å². The maximum Gasteiger partial charge on any atom is 0.235 e. The fraction of sp³-hybridized carbons (Fsp3) is 0.562. The molecule has 3 rings (SSSR count). The second-order valence-electron chi connectivity index (χ2n) is 6.13. The van der Waals surface area contributed by atoms with Crippen molar-refractivity contribution in [3.63, 3.8) is 0 Å². The highest BCUT2D eigenvalue weighted by molar-refractivity contribution is 7.93. The minimum Gasteiger partial charge on any atom is -0.376 e. The third-order valence-corrected chi connectivity index (χ3v) is 6.13. The van der Waals surface area contributed by atoms with Gasteiger partial charge in [0.15, 0.2) is 5.96 Å². The first kappa shape index (κ1) is 17.0. The van der Waals surface area contributed by atoms with Crippen LogP contribution >= 0.6 is 0 Å². The second-order valence-corrected chi connectivity index (χ2v) is 8.14. The molecule has 1 unspecified atom stereocenters. The first-order valence-electron chi connectivity index (χ1n) is 8.29. The van der Waals surface area contributed by atoms with E-state index < -0.39 is 10.0 Å². The molecule has 0 spiro atoms. The predicted molar refractivity (Wildman–Crippen MR) is 94.5 cm³/mol. The molecule has 0 aliphatic carbocycles. The van der Waals surface area contributed by atoms with E-state index in [1.807, 2.05) is 24.3 Å². The summed E-state index contributed by atoms with van der Waals surface area (Å²) in [7, 11) is -3.16. The summed E-state index contributed by atoms with van der Waals surface area (Å²) >= 11 is 0. The highest BCUT2D eigenvalue weighted by atomic mass is 32.2. The van der Waals surface area contributed by atoms with E-state index in [4.69, 9.17) is 10.5 Å². The zero-order valence-electron chi connectivity index (χ0n) is 13.6. The molecule has 2 fully saturated rings. The van der Waals surface area contributed by atoms with Crippen LogP contribution in [0.4, 0.5) is 5.69 Å². The molecule has 1 aromatic carbocycles. The Hall–Kier alpha value is -1.80. The molecule has 0 bridgehead atoms. The van der Waals surface area contributed by atoms with Gasteiger partial charge >= 0.3 is 0 Å². The Labute approximate surface area is 142 Å². The molecule has 8 heteroatoms. The van der Waals surface area contributed by atoms with Gasteiger partial charge in [0.1, 0.15) is 0 Å². The number of hydrogen-bond donors (Lipinski definition) is 2. The predicted octanol–water partition coefficient (Wildman–Crippen LogP) is 0.810. The fourth-order valence-electron chi connectivity index (χ4n) is 3.00. The van der Waals surface area contributed by atoms with Crippen molar-refractivity contribution in [2.45, 2.75) is 31.9 Å². The summed E-state index contributed by atoms with van der Waals surface area (Å²) in [6.45, 7) is 2.43. The normalized spacial score (nSPS) is 23.6. The van der Waals surface area contributed by atoms with Crippen LogP contribution in [0, 0.1) is 0 Å². The molecule has 3 N–H and O–H groups in total. The molecule has 0 aromatic heterocycles. The van der Waals surface area contributed by atoms with E-state index in [0.29, 0.717) is 37.7 Å². The topological polar surface area (TPSA) is 97.0 Å². The van der Waals surface area contributed by atoms with Gasteiger partial charge < -0.3 is 15.8 Å². The summed E-state index contributed by atoms with van der Waals surface area (Å²) in [4.78, 5) is 4.32. The van der Waals surface area contributed by atoms with Crippen molar-refractivity contribution in [3.05, 3.63) is 29.8 Å². The summed E-state index contributed by atoms with van der Waals surface area (Å²) in [5.74, 6) is 0.597. The summed E-state index contributed by atoms with van der Waals surface area (Å²) in [6.07, 6.45) is 3.02. The summed E-state index contributed by atoms with van der Waals surface area (Å²) in [5.41, 5.74) is 7.51. The van der Waals surface area contributed by atoms with Gasteiger partial charge in [0.25, 0.3) is 0 Å². The van der Waals surface area contributed by atoms with Crippen LogP contribution < -0.4 is 15.4 Å². The standard InChI is InChI=1S/C16H24N4O3S/c17-16(19-12-15-6-2-8-23-15)18-11-13-4-1-5-14(10-13)20-7-3-9-24(20,21)22/h1,4-5,10,15H,2-3,6-9,11-12H2,(H3,17,18,19). The number of nitrogens with two attached hydrogens (primary N) is 1. The quantitative estimate of drug-likeness (QED) is 0.604. The Morgan fingerprint density at radius 1 is 1.42 bits per heavy atom. The van der Waals surface area contributed by atoms with Crippen LogP contribution in [0.25, 0.3) is 0 Å². The third kappa shape index (κ3) is 4.18. The van der Waals surface area contributed by atoms with Crippen molar-refractivity contribution in [2.75, 3.05) is 29.8 Å². The van der Waals surface area contributed by atoms with Crippen LogP contribution in [-0.2, 0) is 21.3 Å². The van der Waals surface area contributed by atoms with Crippen molar-refractivity contribution in [1.82, 2.24) is 5.32 Å². The first-order chi connectivity index (χ1) is 11.5. The van der Waals surface area contributed by atoms with Gasteiger partial charge in [0.2, 0.25) is 10.0 Å². The van der Waals surface area contributed by atoms with Crippen molar-refractivity contribution in [3.8, 4) is 0 Å². The van der Waals surface area contributed by atoms with Crippen molar-refractivity contribution >= 4 is 21.7 Å². The SMILES string of the molecule is NC(=NCc1cccc(N2CCCS2(=O)=O)c1)NCC1CCCO1. The molecule has 0 radical (unpaired) electrons. The molecular weight excluding hydrogens is 328 g/mol. The van der Waals surface area contributed by atoms with Crippen LogP contribution in [0.1, 0.15) is 24.8 Å². The molecule has 1 aromatic rings. The monoisotopic (exact) mass is 352 g/mol. The molecule has 2 heterocycles. The smallest absolute Gasteiger partial charge is 0.235 e. The number of benzene rings is 1. The largest absolute Gasteiger partial charge is 0.376 e. The lowest BCUT2D eigenvalue weighted by molar-refractivity contribution is 0.114. The number of ether oxygens (including phenoxy) is 1. The van der Waals surface area contributed by atoms with Crippen molar-refractivity contribution in [1.29, 1.82) is 0 Å². The summed E-state index contributed by atoms with van der Waals surface area (Å²) in [6, 6.07) is 7.45. The van der Waals surface area contributed by atoms with E-state index in [-0.39, 0.29) is 11.9 Å². The molecule has 2 aliphatic rings. The zero-order chi connectivity index (χ0) is 17.0. The molecule has 132 valence electrons. The molecule has 0 saturated carbocycles. The molecule has 24 heavy (non-hydrogen) atoms. The Morgan fingerprint density at radius 2 is 2.29 bits per heavy atom. The lowest BCUT2D eigenvalue weighted by Crippen LogP contribution is -2.37. The van der Waals surface area contributed by atoms with Gasteiger partial charge in [-0.3, -0.25) is 4.31 Å². The van der Waals surface area contributed by atoms with E-state index >= 15 is 0 Å². The fourth-order valence-corrected chi connectivity index (χ4v) is 4.55. The average Bonchev–Trinajstić information content (AvgIpc) is 3.20. The summed E-state index contributed by atoms with van der Waals surface area (Å²) in [5, 5.41) is 3.07. The van der Waals surface area contributed by atoms with Crippen molar-refractivity contribution < 1.29 is 13.2 Å². The second kappa shape index (κ2) is 7.40.